The Hall–Kier alpha value is -1.52. The third-order valence-electron chi connectivity index (χ3n) is 2.67. The lowest BCUT2D eigenvalue weighted by atomic mass is 9.97. The molecule has 0 saturated carbocycles. The van der Waals surface area contributed by atoms with Gasteiger partial charge in [-0.3, -0.25) is 4.79 Å². The van der Waals surface area contributed by atoms with Crippen LogP contribution in [0.5, 0.6) is 0 Å². The molecule has 5 nitrogen and oxygen atoms in total. The number of anilines is 1. The molecule has 5 heteroatoms. The molecule has 96 valence electrons. The summed E-state index contributed by atoms with van der Waals surface area (Å²) in [5.41, 5.74) is 0. The van der Waals surface area contributed by atoms with E-state index in [0.717, 1.165) is 12.5 Å². The fraction of sp³-hybridized carbons (Fsp3) is 0.667. The molecular formula is C12H21N3O2. The van der Waals surface area contributed by atoms with E-state index in [0.29, 0.717) is 18.9 Å². The second-order valence-electron chi connectivity index (χ2n) is 4.58. The Morgan fingerprint density at radius 1 is 1.59 bits per heavy atom. The lowest BCUT2D eigenvalue weighted by molar-refractivity contribution is -0.141. The first-order valence-electron chi connectivity index (χ1n) is 6.02. The van der Waals surface area contributed by atoms with Crippen molar-refractivity contribution in [2.75, 3.05) is 11.9 Å². The van der Waals surface area contributed by atoms with E-state index < -0.39 is 5.97 Å². The van der Waals surface area contributed by atoms with Gasteiger partial charge in [0.1, 0.15) is 0 Å². The van der Waals surface area contributed by atoms with E-state index in [9.17, 15) is 4.79 Å². The van der Waals surface area contributed by atoms with Gasteiger partial charge in [0.15, 0.2) is 0 Å². The summed E-state index contributed by atoms with van der Waals surface area (Å²) in [5.74, 6) is 0.00383. The summed E-state index contributed by atoms with van der Waals surface area (Å²) in [4.78, 5) is 15.2. The fourth-order valence-electron chi connectivity index (χ4n) is 1.79. The molecule has 1 heterocycles. The highest BCUT2D eigenvalue weighted by molar-refractivity contribution is 5.70. The lowest BCUT2D eigenvalue weighted by Crippen LogP contribution is -2.25. The minimum absolute atomic E-state index is 0.364. The van der Waals surface area contributed by atoms with Crippen LogP contribution in [0.15, 0.2) is 12.4 Å². The predicted molar refractivity (Wildman–Crippen MR) is 67.0 cm³/mol. The van der Waals surface area contributed by atoms with Crippen LogP contribution in [0.4, 0.5) is 5.95 Å². The van der Waals surface area contributed by atoms with Crippen LogP contribution in [0, 0.1) is 11.8 Å². The molecule has 0 aliphatic carbocycles. The number of carboxylic acids is 1. The monoisotopic (exact) mass is 239 g/mol. The molecule has 0 bridgehead atoms. The van der Waals surface area contributed by atoms with Crippen LogP contribution in [0.25, 0.3) is 0 Å². The van der Waals surface area contributed by atoms with Crippen LogP contribution in [0.1, 0.15) is 27.2 Å². The maximum atomic E-state index is 11.1. The molecule has 0 aliphatic heterocycles. The summed E-state index contributed by atoms with van der Waals surface area (Å²) in [7, 11) is 0. The van der Waals surface area contributed by atoms with Crippen LogP contribution in [-0.4, -0.2) is 27.2 Å². The van der Waals surface area contributed by atoms with E-state index in [4.69, 9.17) is 5.11 Å². The number of carboxylic acid groups (broad SMARTS) is 1. The molecule has 17 heavy (non-hydrogen) atoms. The topological polar surface area (TPSA) is 67.2 Å². The second-order valence-corrected chi connectivity index (χ2v) is 4.58. The van der Waals surface area contributed by atoms with Crippen molar-refractivity contribution in [2.45, 2.75) is 33.7 Å². The summed E-state index contributed by atoms with van der Waals surface area (Å²) in [5, 5.41) is 12.2. The van der Waals surface area contributed by atoms with Gasteiger partial charge in [-0.25, -0.2) is 4.98 Å². The summed E-state index contributed by atoms with van der Waals surface area (Å²) in [6.07, 6.45) is 4.26. The molecule has 0 aliphatic rings. The number of aliphatic carboxylic acids is 1. The van der Waals surface area contributed by atoms with Crippen molar-refractivity contribution in [3.8, 4) is 0 Å². The van der Waals surface area contributed by atoms with Crippen molar-refractivity contribution in [2.24, 2.45) is 11.8 Å². The zero-order chi connectivity index (χ0) is 12.8. The normalized spacial score (nSPS) is 12.7. The zero-order valence-electron chi connectivity index (χ0n) is 10.7. The van der Waals surface area contributed by atoms with Crippen molar-refractivity contribution < 1.29 is 9.90 Å². The first-order chi connectivity index (χ1) is 8.04. The average molecular weight is 239 g/mol. The van der Waals surface area contributed by atoms with Gasteiger partial charge in [-0.15, -0.1) is 0 Å². The Balaban J connectivity index is 2.54. The van der Waals surface area contributed by atoms with Crippen molar-refractivity contribution >= 4 is 11.9 Å². The molecule has 1 unspecified atom stereocenters. The second kappa shape index (κ2) is 6.27. The highest BCUT2D eigenvalue weighted by atomic mass is 16.4. The summed E-state index contributed by atoms with van der Waals surface area (Å²) in [6.45, 7) is 7.33. The first-order valence-corrected chi connectivity index (χ1v) is 6.02. The van der Waals surface area contributed by atoms with E-state index in [2.05, 4.69) is 10.3 Å². The quantitative estimate of drug-likeness (QED) is 0.764. The Morgan fingerprint density at radius 3 is 2.82 bits per heavy atom. The van der Waals surface area contributed by atoms with Crippen LogP contribution in [0.2, 0.25) is 0 Å². The van der Waals surface area contributed by atoms with Crippen LogP contribution < -0.4 is 5.32 Å². The minimum Gasteiger partial charge on any atom is -0.481 e. The van der Waals surface area contributed by atoms with Gasteiger partial charge in [0, 0.05) is 25.5 Å². The Morgan fingerprint density at radius 2 is 2.29 bits per heavy atom. The van der Waals surface area contributed by atoms with E-state index in [1.807, 2.05) is 31.5 Å². The zero-order valence-corrected chi connectivity index (χ0v) is 10.7. The number of hydrogen-bond acceptors (Lipinski definition) is 3. The van der Waals surface area contributed by atoms with Gasteiger partial charge in [-0.05, 0) is 19.3 Å². The molecule has 0 saturated heterocycles. The molecule has 1 rings (SSSR count). The molecular weight excluding hydrogens is 218 g/mol. The van der Waals surface area contributed by atoms with Gasteiger partial charge < -0.3 is 15.0 Å². The first kappa shape index (κ1) is 13.5. The van der Waals surface area contributed by atoms with Crippen LogP contribution in [-0.2, 0) is 11.3 Å². The Kier molecular flexibility index (Phi) is 5.00. The molecule has 1 aromatic heterocycles. The number of nitrogens with zero attached hydrogens (tertiary/aromatic N) is 2. The Bertz CT molecular complexity index is 360. The number of imidazole rings is 1. The highest BCUT2D eigenvalue weighted by Crippen LogP contribution is 2.13. The van der Waals surface area contributed by atoms with Gasteiger partial charge in [0.2, 0.25) is 5.95 Å². The van der Waals surface area contributed by atoms with Crippen LogP contribution in [0.3, 0.4) is 0 Å². The van der Waals surface area contributed by atoms with E-state index in [-0.39, 0.29) is 5.92 Å². The van der Waals surface area contributed by atoms with Gasteiger partial charge in [-0.2, -0.15) is 0 Å². The third kappa shape index (κ3) is 4.09. The van der Waals surface area contributed by atoms with Crippen molar-refractivity contribution in [3.05, 3.63) is 12.4 Å². The predicted octanol–water partition coefficient (Wildman–Crippen LogP) is 2.06. The van der Waals surface area contributed by atoms with Crippen molar-refractivity contribution in [3.63, 3.8) is 0 Å². The van der Waals surface area contributed by atoms with Gasteiger partial charge in [-0.1, -0.05) is 13.8 Å². The molecule has 2 N–H and O–H groups in total. The lowest BCUT2D eigenvalue weighted by Gasteiger charge is -2.16. The van der Waals surface area contributed by atoms with E-state index >= 15 is 0 Å². The molecule has 0 aromatic carbocycles. The molecule has 0 radical (unpaired) electrons. The number of rotatable bonds is 7. The van der Waals surface area contributed by atoms with Gasteiger partial charge in [0.05, 0.1) is 5.92 Å². The van der Waals surface area contributed by atoms with Crippen LogP contribution >= 0.6 is 0 Å². The standard InChI is InChI=1S/C12H21N3O2/c1-4-15-6-5-13-12(15)14-8-10(11(16)17)7-9(2)3/h5-6,9-10H,4,7-8H2,1-3H3,(H,13,14)(H,16,17). The van der Waals surface area contributed by atoms with Gasteiger partial charge >= 0.3 is 5.97 Å². The maximum absolute atomic E-state index is 11.1. The number of nitrogens with one attached hydrogen (secondary N) is 1. The summed E-state index contributed by atoms with van der Waals surface area (Å²) in [6, 6.07) is 0. The molecule has 0 amide bonds. The molecule has 0 fully saturated rings. The summed E-state index contributed by atoms with van der Waals surface area (Å²) < 4.78 is 1.95. The van der Waals surface area contributed by atoms with E-state index in [1.54, 1.807) is 6.20 Å². The maximum Gasteiger partial charge on any atom is 0.308 e. The van der Waals surface area contributed by atoms with E-state index in [1.165, 1.54) is 0 Å². The third-order valence-corrected chi connectivity index (χ3v) is 2.67. The number of aryl methyl sites for hydroxylation is 1. The van der Waals surface area contributed by atoms with Crippen molar-refractivity contribution in [1.82, 2.24) is 9.55 Å². The highest BCUT2D eigenvalue weighted by Gasteiger charge is 2.19. The number of carbonyl (C=O) groups is 1. The number of aromatic nitrogens is 2. The minimum atomic E-state index is -0.749. The average Bonchev–Trinajstić information content (AvgIpc) is 2.70. The molecule has 1 atom stereocenters. The smallest absolute Gasteiger partial charge is 0.308 e. The summed E-state index contributed by atoms with van der Waals surface area (Å²) >= 11 is 0. The number of hydrogen-bond donors (Lipinski definition) is 2. The fourth-order valence-corrected chi connectivity index (χ4v) is 1.79. The SMILES string of the molecule is CCn1ccnc1NCC(CC(C)C)C(=O)O. The molecule has 0 spiro atoms. The van der Waals surface area contributed by atoms with Crippen molar-refractivity contribution in [1.29, 1.82) is 0 Å². The molecule has 1 aromatic rings. The van der Waals surface area contributed by atoms with Gasteiger partial charge in [0.25, 0.3) is 0 Å². The largest absolute Gasteiger partial charge is 0.481 e. The Labute approximate surface area is 102 Å².